The maximum atomic E-state index is 12.5. The summed E-state index contributed by atoms with van der Waals surface area (Å²) in [5.74, 6) is 0.654. The fourth-order valence-corrected chi connectivity index (χ4v) is 3.39. The lowest BCUT2D eigenvalue weighted by Crippen LogP contribution is -2.43. The standard InChI is InChI=1S/C18H17Cl2N5O/c19-13-2-3-14-12(17(13)20)9-15(24-14)18(26)23-11-1-4-16(22-10-11)25-7-5-21-6-8-25/h1-4,9-10,21,24H,5-8H2,(H,23,26). The van der Waals surface area contributed by atoms with Gasteiger partial charge < -0.3 is 20.5 Å². The minimum atomic E-state index is -0.259. The van der Waals surface area contributed by atoms with Gasteiger partial charge in [0.1, 0.15) is 11.5 Å². The molecule has 4 rings (SSSR count). The average molecular weight is 390 g/mol. The molecule has 0 aliphatic carbocycles. The van der Waals surface area contributed by atoms with E-state index < -0.39 is 0 Å². The number of H-pyrrole nitrogens is 1. The summed E-state index contributed by atoms with van der Waals surface area (Å²) in [6.45, 7) is 3.76. The van der Waals surface area contributed by atoms with E-state index in [0.717, 1.165) is 42.9 Å². The number of carbonyl (C=O) groups excluding carboxylic acids is 1. The van der Waals surface area contributed by atoms with Crippen molar-refractivity contribution in [1.82, 2.24) is 15.3 Å². The Balaban J connectivity index is 1.50. The minimum Gasteiger partial charge on any atom is -0.354 e. The average Bonchev–Trinajstić information content (AvgIpc) is 3.11. The summed E-state index contributed by atoms with van der Waals surface area (Å²) in [5, 5.41) is 7.76. The van der Waals surface area contributed by atoms with Crippen molar-refractivity contribution in [3.05, 3.63) is 52.3 Å². The molecule has 8 heteroatoms. The van der Waals surface area contributed by atoms with Crippen LogP contribution in [0.25, 0.3) is 10.9 Å². The van der Waals surface area contributed by atoms with Gasteiger partial charge >= 0.3 is 0 Å². The topological polar surface area (TPSA) is 73.1 Å². The van der Waals surface area contributed by atoms with E-state index in [1.165, 1.54) is 0 Å². The quantitative estimate of drug-likeness (QED) is 0.640. The van der Waals surface area contributed by atoms with Crippen LogP contribution in [-0.4, -0.2) is 42.1 Å². The van der Waals surface area contributed by atoms with Crippen LogP contribution in [0.1, 0.15) is 10.5 Å². The third-order valence-electron chi connectivity index (χ3n) is 4.38. The number of aromatic amines is 1. The summed E-state index contributed by atoms with van der Waals surface area (Å²) in [6, 6.07) is 8.96. The second kappa shape index (κ2) is 7.15. The van der Waals surface area contributed by atoms with Gasteiger partial charge in [0.25, 0.3) is 5.91 Å². The van der Waals surface area contributed by atoms with Gasteiger partial charge in [-0.05, 0) is 30.3 Å². The van der Waals surface area contributed by atoms with Crippen molar-refractivity contribution in [2.24, 2.45) is 0 Å². The van der Waals surface area contributed by atoms with Crippen LogP contribution in [0.15, 0.2) is 36.5 Å². The van der Waals surface area contributed by atoms with Crippen LogP contribution in [0.2, 0.25) is 10.0 Å². The molecule has 0 radical (unpaired) electrons. The van der Waals surface area contributed by atoms with E-state index in [4.69, 9.17) is 23.2 Å². The van der Waals surface area contributed by atoms with E-state index in [0.29, 0.717) is 21.4 Å². The molecule has 0 spiro atoms. The predicted octanol–water partition coefficient (Wildman–Crippen LogP) is 3.53. The summed E-state index contributed by atoms with van der Waals surface area (Å²) in [4.78, 5) is 22.2. The van der Waals surface area contributed by atoms with Gasteiger partial charge in [-0.25, -0.2) is 4.98 Å². The van der Waals surface area contributed by atoms with E-state index >= 15 is 0 Å². The lowest BCUT2D eigenvalue weighted by Gasteiger charge is -2.28. The van der Waals surface area contributed by atoms with Crippen molar-refractivity contribution < 1.29 is 4.79 Å². The van der Waals surface area contributed by atoms with Gasteiger partial charge in [-0.1, -0.05) is 23.2 Å². The molecule has 1 aliphatic heterocycles. The molecule has 1 aliphatic rings. The van der Waals surface area contributed by atoms with Gasteiger partial charge in [0.2, 0.25) is 0 Å². The molecule has 1 aromatic carbocycles. The Labute approximate surface area is 160 Å². The monoisotopic (exact) mass is 389 g/mol. The number of hydrogen-bond acceptors (Lipinski definition) is 4. The Kier molecular flexibility index (Phi) is 4.72. The van der Waals surface area contributed by atoms with Gasteiger partial charge in [-0.2, -0.15) is 0 Å². The molecular formula is C18H17Cl2N5O. The minimum absolute atomic E-state index is 0.259. The zero-order valence-electron chi connectivity index (χ0n) is 13.9. The van der Waals surface area contributed by atoms with E-state index in [1.807, 2.05) is 12.1 Å². The summed E-state index contributed by atoms with van der Waals surface area (Å²) >= 11 is 12.2. The maximum absolute atomic E-state index is 12.5. The SMILES string of the molecule is O=C(Nc1ccc(N2CCNCC2)nc1)c1cc2c(Cl)c(Cl)ccc2[nH]1. The number of fused-ring (bicyclic) bond motifs is 1. The number of piperazine rings is 1. The Hall–Kier alpha value is -2.28. The highest BCUT2D eigenvalue weighted by atomic mass is 35.5. The first-order valence-electron chi connectivity index (χ1n) is 8.31. The second-order valence-corrected chi connectivity index (χ2v) is 6.89. The molecular weight excluding hydrogens is 373 g/mol. The summed E-state index contributed by atoms with van der Waals surface area (Å²) in [5.41, 5.74) is 1.81. The molecule has 1 saturated heterocycles. The van der Waals surface area contributed by atoms with Gasteiger partial charge in [-0.15, -0.1) is 0 Å². The molecule has 0 unspecified atom stereocenters. The van der Waals surface area contributed by atoms with Crippen LogP contribution in [-0.2, 0) is 0 Å². The van der Waals surface area contributed by atoms with Crippen molar-refractivity contribution in [2.75, 3.05) is 36.4 Å². The number of hydrogen-bond donors (Lipinski definition) is 3. The number of rotatable bonds is 3. The van der Waals surface area contributed by atoms with Gasteiger partial charge in [0, 0.05) is 37.1 Å². The fourth-order valence-electron chi connectivity index (χ4n) is 3.00. The Morgan fingerprint density at radius 2 is 1.96 bits per heavy atom. The number of aromatic nitrogens is 2. The molecule has 0 bridgehead atoms. The van der Waals surface area contributed by atoms with Crippen molar-refractivity contribution in [3.8, 4) is 0 Å². The normalized spacial score (nSPS) is 14.6. The van der Waals surface area contributed by atoms with E-state index in [9.17, 15) is 4.79 Å². The summed E-state index contributed by atoms with van der Waals surface area (Å²) in [6.07, 6.45) is 1.67. The van der Waals surface area contributed by atoms with Crippen LogP contribution in [0, 0.1) is 0 Å². The highest BCUT2D eigenvalue weighted by molar-refractivity contribution is 6.45. The predicted molar refractivity (Wildman–Crippen MR) is 106 cm³/mol. The number of anilines is 2. The molecule has 0 saturated carbocycles. The summed E-state index contributed by atoms with van der Waals surface area (Å²) in [7, 11) is 0. The molecule has 1 fully saturated rings. The number of pyridine rings is 1. The highest BCUT2D eigenvalue weighted by Crippen LogP contribution is 2.31. The van der Waals surface area contributed by atoms with Gasteiger partial charge in [0.05, 0.1) is 21.9 Å². The van der Waals surface area contributed by atoms with Crippen LogP contribution in [0.4, 0.5) is 11.5 Å². The largest absolute Gasteiger partial charge is 0.354 e. The molecule has 134 valence electrons. The Bertz CT molecular complexity index is 948. The first-order chi connectivity index (χ1) is 12.6. The van der Waals surface area contributed by atoms with Crippen molar-refractivity contribution in [3.63, 3.8) is 0 Å². The number of nitrogens with zero attached hydrogens (tertiary/aromatic N) is 2. The molecule has 1 amide bonds. The van der Waals surface area contributed by atoms with Crippen molar-refractivity contribution >= 4 is 51.5 Å². The van der Waals surface area contributed by atoms with E-state index in [1.54, 1.807) is 24.4 Å². The number of carbonyl (C=O) groups is 1. The molecule has 3 aromatic rings. The van der Waals surface area contributed by atoms with Gasteiger partial charge in [-0.3, -0.25) is 4.79 Å². The van der Waals surface area contributed by atoms with E-state index in [-0.39, 0.29) is 5.91 Å². The number of benzene rings is 1. The van der Waals surface area contributed by atoms with Crippen molar-refractivity contribution in [2.45, 2.75) is 0 Å². The fraction of sp³-hybridized carbons (Fsp3) is 0.222. The number of halogens is 2. The van der Waals surface area contributed by atoms with Crippen LogP contribution >= 0.6 is 23.2 Å². The lowest BCUT2D eigenvalue weighted by molar-refractivity contribution is 0.102. The molecule has 6 nitrogen and oxygen atoms in total. The second-order valence-electron chi connectivity index (χ2n) is 6.10. The Morgan fingerprint density at radius 1 is 1.15 bits per heavy atom. The number of nitrogens with one attached hydrogen (secondary N) is 3. The molecule has 2 aromatic heterocycles. The zero-order valence-corrected chi connectivity index (χ0v) is 15.4. The lowest BCUT2D eigenvalue weighted by atomic mass is 10.2. The zero-order chi connectivity index (χ0) is 18.1. The van der Waals surface area contributed by atoms with Crippen LogP contribution < -0.4 is 15.5 Å². The molecule has 0 atom stereocenters. The molecule has 3 heterocycles. The van der Waals surface area contributed by atoms with E-state index in [2.05, 4.69) is 25.5 Å². The smallest absolute Gasteiger partial charge is 0.272 e. The van der Waals surface area contributed by atoms with Crippen LogP contribution in [0.3, 0.4) is 0 Å². The van der Waals surface area contributed by atoms with Gasteiger partial charge in [0.15, 0.2) is 0 Å². The first-order valence-corrected chi connectivity index (χ1v) is 9.07. The molecule has 26 heavy (non-hydrogen) atoms. The highest BCUT2D eigenvalue weighted by Gasteiger charge is 2.14. The summed E-state index contributed by atoms with van der Waals surface area (Å²) < 4.78 is 0. The molecule has 3 N–H and O–H groups in total. The maximum Gasteiger partial charge on any atom is 0.272 e. The first kappa shape index (κ1) is 17.1. The number of amides is 1. The third-order valence-corrected chi connectivity index (χ3v) is 5.20. The van der Waals surface area contributed by atoms with Crippen LogP contribution in [0.5, 0.6) is 0 Å². The Morgan fingerprint density at radius 3 is 2.69 bits per heavy atom. The van der Waals surface area contributed by atoms with Crippen molar-refractivity contribution in [1.29, 1.82) is 0 Å². The third kappa shape index (κ3) is 3.35.